The van der Waals surface area contributed by atoms with Crippen LogP contribution in [0.3, 0.4) is 0 Å². The Balaban J connectivity index is 1.59. The predicted molar refractivity (Wildman–Crippen MR) is 107 cm³/mol. The summed E-state index contributed by atoms with van der Waals surface area (Å²) < 4.78 is 6.00. The Bertz CT molecular complexity index is 776. The van der Waals surface area contributed by atoms with Gasteiger partial charge in [0.25, 0.3) is 0 Å². The normalized spacial score (nSPS) is 24.1. The minimum atomic E-state index is 0.416. The number of fused-ring (bicyclic) bond motifs is 3. The van der Waals surface area contributed by atoms with E-state index >= 15 is 0 Å². The summed E-state index contributed by atoms with van der Waals surface area (Å²) in [6, 6.07) is 11.5. The van der Waals surface area contributed by atoms with Gasteiger partial charge in [-0.1, -0.05) is 26.0 Å². The first-order valence-corrected chi connectivity index (χ1v) is 10.2. The molecule has 25 heavy (non-hydrogen) atoms. The number of benzene rings is 1. The zero-order valence-corrected chi connectivity index (χ0v) is 16.1. The van der Waals surface area contributed by atoms with Crippen molar-refractivity contribution in [1.29, 1.82) is 0 Å². The molecule has 2 aromatic rings. The van der Waals surface area contributed by atoms with Crippen LogP contribution >= 0.6 is 11.3 Å². The van der Waals surface area contributed by atoms with Crippen LogP contribution < -0.4 is 10.1 Å². The maximum Gasteiger partial charge on any atom is 0.119 e. The van der Waals surface area contributed by atoms with Crippen molar-refractivity contribution in [2.45, 2.75) is 45.6 Å². The maximum atomic E-state index is 6.00. The summed E-state index contributed by atoms with van der Waals surface area (Å²) in [5.74, 6) is 2.79. The summed E-state index contributed by atoms with van der Waals surface area (Å²) in [7, 11) is 0. The third kappa shape index (κ3) is 3.35. The summed E-state index contributed by atoms with van der Waals surface area (Å²) in [6.07, 6.45) is 7.00. The van der Waals surface area contributed by atoms with Crippen molar-refractivity contribution >= 4 is 17.0 Å². The SMILES string of the molecule is Cc1ccc(C2Nc3ccc(OCCC(C)C)cc3C3C=CCC32)s1. The zero-order chi connectivity index (χ0) is 17.4. The fourth-order valence-electron chi connectivity index (χ4n) is 3.98. The first-order chi connectivity index (χ1) is 12.1. The molecule has 1 N–H and O–H groups in total. The molecule has 1 aliphatic heterocycles. The Morgan fingerprint density at radius 3 is 2.88 bits per heavy atom. The van der Waals surface area contributed by atoms with E-state index in [1.807, 2.05) is 11.3 Å². The van der Waals surface area contributed by atoms with Gasteiger partial charge in [0.1, 0.15) is 5.75 Å². The van der Waals surface area contributed by atoms with Gasteiger partial charge in [-0.25, -0.2) is 0 Å². The van der Waals surface area contributed by atoms with Crippen LogP contribution in [0.5, 0.6) is 5.75 Å². The van der Waals surface area contributed by atoms with Gasteiger partial charge in [0, 0.05) is 21.4 Å². The lowest BCUT2D eigenvalue weighted by Crippen LogP contribution is -2.28. The number of nitrogens with one attached hydrogen (secondary N) is 1. The second-order valence-corrected chi connectivity index (χ2v) is 9.02. The second-order valence-electron chi connectivity index (χ2n) is 7.70. The molecule has 1 aromatic carbocycles. The summed E-state index contributed by atoms with van der Waals surface area (Å²) in [6.45, 7) is 7.46. The molecule has 0 spiro atoms. The molecule has 2 aliphatic rings. The molecule has 1 aromatic heterocycles. The number of hydrogen-bond acceptors (Lipinski definition) is 3. The highest BCUT2D eigenvalue weighted by Gasteiger charge is 2.38. The minimum absolute atomic E-state index is 0.416. The van der Waals surface area contributed by atoms with E-state index in [9.17, 15) is 0 Å². The van der Waals surface area contributed by atoms with Crippen LogP contribution in [0, 0.1) is 18.8 Å². The average Bonchev–Trinajstić information content (AvgIpc) is 3.23. The van der Waals surface area contributed by atoms with Gasteiger partial charge in [-0.05, 0) is 67.5 Å². The summed E-state index contributed by atoms with van der Waals surface area (Å²) in [4.78, 5) is 2.85. The molecule has 0 saturated heterocycles. The van der Waals surface area contributed by atoms with E-state index < -0.39 is 0 Å². The van der Waals surface area contributed by atoms with Crippen LogP contribution in [0.2, 0.25) is 0 Å². The Morgan fingerprint density at radius 2 is 2.12 bits per heavy atom. The van der Waals surface area contributed by atoms with Crippen molar-refractivity contribution in [2.24, 2.45) is 11.8 Å². The van der Waals surface area contributed by atoms with Gasteiger partial charge in [0.2, 0.25) is 0 Å². The third-order valence-corrected chi connectivity index (χ3v) is 6.45. The monoisotopic (exact) mass is 353 g/mol. The molecule has 0 amide bonds. The third-order valence-electron chi connectivity index (χ3n) is 5.37. The van der Waals surface area contributed by atoms with Crippen molar-refractivity contribution in [3.63, 3.8) is 0 Å². The number of thiophene rings is 1. The van der Waals surface area contributed by atoms with Crippen LogP contribution in [-0.4, -0.2) is 6.61 Å². The molecule has 3 heteroatoms. The Kier molecular flexibility index (Phi) is 4.60. The van der Waals surface area contributed by atoms with Crippen molar-refractivity contribution in [2.75, 3.05) is 11.9 Å². The van der Waals surface area contributed by atoms with Crippen LogP contribution in [0.1, 0.15) is 54.0 Å². The van der Waals surface area contributed by atoms with Gasteiger partial charge < -0.3 is 10.1 Å². The Labute approximate surface area is 154 Å². The van der Waals surface area contributed by atoms with Crippen molar-refractivity contribution in [1.82, 2.24) is 0 Å². The van der Waals surface area contributed by atoms with Gasteiger partial charge in [-0.15, -0.1) is 11.3 Å². The first kappa shape index (κ1) is 16.7. The molecular formula is C22H27NOS. The van der Waals surface area contributed by atoms with E-state index in [2.05, 4.69) is 68.6 Å². The maximum absolute atomic E-state index is 6.00. The number of aryl methyl sites for hydroxylation is 1. The summed E-state index contributed by atoms with van der Waals surface area (Å²) in [5.41, 5.74) is 2.66. The first-order valence-electron chi connectivity index (χ1n) is 9.38. The molecule has 0 fully saturated rings. The molecule has 1 aliphatic carbocycles. The molecule has 0 bridgehead atoms. The number of rotatable bonds is 5. The van der Waals surface area contributed by atoms with Gasteiger partial charge in [-0.2, -0.15) is 0 Å². The largest absolute Gasteiger partial charge is 0.494 e. The number of hydrogen-bond donors (Lipinski definition) is 1. The van der Waals surface area contributed by atoms with Crippen molar-refractivity contribution in [3.05, 3.63) is 57.8 Å². The number of ether oxygens (including phenoxy) is 1. The highest BCUT2D eigenvalue weighted by molar-refractivity contribution is 7.12. The molecule has 132 valence electrons. The van der Waals surface area contributed by atoms with Gasteiger partial charge >= 0.3 is 0 Å². The lowest BCUT2D eigenvalue weighted by Gasteiger charge is -2.37. The molecule has 0 saturated carbocycles. The van der Waals surface area contributed by atoms with E-state index in [4.69, 9.17) is 4.74 Å². The number of anilines is 1. The van der Waals surface area contributed by atoms with Gasteiger partial charge in [0.05, 0.1) is 12.6 Å². The predicted octanol–water partition coefficient (Wildman–Crippen LogP) is 6.31. The molecular weight excluding hydrogens is 326 g/mol. The van der Waals surface area contributed by atoms with E-state index in [0.29, 0.717) is 23.8 Å². The fourth-order valence-corrected chi connectivity index (χ4v) is 4.98. The van der Waals surface area contributed by atoms with E-state index in [0.717, 1.165) is 25.2 Å². The van der Waals surface area contributed by atoms with Crippen molar-refractivity contribution in [3.8, 4) is 5.75 Å². The smallest absolute Gasteiger partial charge is 0.119 e. The van der Waals surface area contributed by atoms with Crippen LogP contribution in [0.15, 0.2) is 42.5 Å². The highest BCUT2D eigenvalue weighted by Crippen LogP contribution is 2.51. The Hall–Kier alpha value is -1.74. The second kappa shape index (κ2) is 6.87. The molecule has 2 nitrogen and oxygen atoms in total. The van der Waals surface area contributed by atoms with E-state index in [1.54, 1.807) is 0 Å². The summed E-state index contributed by atoms with van der Waals surface area (Å²) in [5, 5.41) is 3.81. The Morgan fingerprint density at radius 1 is 1.24 bits per heavy atom. The van der Waals surface area contributed by atoms with Crippen molar-refractivity contribution < 1.29 is 4.74 Å². The zero-order valence-electron chi connectivity index (χ0n) is 15.3. The van der Waals surface area contributed by atoms with Crippen LogP contribution in [0.4, 0.5) is 5.69 Å². The lowest BCUT2D eigenvalue weighted by atomic mass is 9.79. The van der Waals surface area contributed by atoms with E-state index in [-0.39, 0.29) is 0 Å². The quantitative estimate of drug-likeness (QED) is 0.636. The molecule has 3 unspecified atom stereocenters. The molecule has 4 rings (SSSR count). The fraction of sp³-hybridized carbons (Fsp3) is 0.455. The lowest BCUT2D eigenvalue weighted by molar-refractivity contribution is 0.289. The topological polar surface area (TPSA) is 21.3 Å². The standard InChI is InChI=1S/C22H27NOS/c1-14(2)11-12-24-16-8-9-20-19(13-16)17-5-4-6-18(17)22(23-20)21-10-7-15(3)25-21/h4-5,7-10,13-14,17-18,22-23H,6,11-12H2,1-3H3. The van der Waals surface area contributed by atoms with Crippen LogP contribution in [0.25, 0.3) is 0 Å². The van der Waals surface area contributed by atoms with Crippen LogP contribution in [-0.2, 0) is 0 Å². The molecule has 0 radical (unpaired) electrons. The summed E-state index contributed by atoms with van der Waals surface area (Å²) >= 11 is 1.92. The van der Waals surface area contributed by atoms with Gasteiger partial charge in [-0.3, -0.25) is 0 Å². The average molecular weight is 354 g/mol. The van der Waals surface area contributed by atoms with Gasteiger partial charge in [0.15, 0.2) is 0 Å². The van der Waals surface area contributed by atoms with E-state index in [1.165, 1.54) is 21.0 Å². The number of allylic oxidation sites excluding steroid dienone is 2. The molecule has 2 heterocycles. The highest BCUT2D eigenvalue weighted by atomic mass is 32.1. The molecule has 3 atom stereocenters. The minimum Gasteiger partial charge on any atom is -0.494 e.